The zero-order valence-corrected chi connectivity index (χ0v) is 12.7. The first-order chi connectivity index (χ1) is 9.03. The monoisotopic (exact) mass is 299 g/mol. The van der Waals surface area contributed by atoms with E-state index in [1.807, 2.05) is 20.8 Å². The summed E-state index contributed by atoms with van der Waals surface area (Å²) in [7, 11) is 1.62. The Kier molecular flexibility index (Phi) is 4.60. The largest absolute Gasteiger partial charge is 0.397 e. The second kappa shape index (κ2) is 5.66. The number of halogens is 1. The van der Waals surface area contributed by atoms with Crippen LogP contribution in [0.5, 0.6) is 0 Å². The van der Waals surface area contributed by atoms with E-state index in [2.05, 4.69) is 0 Å². The van der Waals surface area contributed by atoms with E-state index >= 15 is 0 Å². The van der Waals surface area contributed by atoms with Crippen molar-refractivity contribution in [1.29, 1.82) is 0 Å². The molecule has 0 saturated heterocycles. The zero-order chi connectivity index (χ0) is 15.7. The van der Waals surface area contributed by atoms with Gasteiger partial charge in [0.2, 0.25) is 0 Å². The Morgan fingerprint density at radius 3 is 2.45 bits per heavy atom. The summed E-state index contributed by atoms with van der Waals surface area (Å²) in [6.07, 6.45) is 0. The Morgan fingerprint density at radius 2 is 2.00 bits per heavy atom. The number of benzene rings is 1. The smallest absolute Gasteiger partial charge is 0.271 e. The molecule has 2 N–H and O–H groups in total. The molecule has 0 atom stereocenters. The van der Waals surface area contributed by atoms with Crippen molar-refractivity contribution in [3.8, 4) is 0 Å². The predicted molar refractivity (Wildman–Crippen MR) is 78.9 cm³/mol. The normalized spacial score (nSPS) is 11.2. The fraction of sp³-hybridized carbons (Fsp3) is 0.462. The molecule has 0 aromatic heterocycles. The third-order valence-corrected chi connectivity index (χ3v) is 2.93. The fourth-order valence-electron chi connectivity index (χ4n) is 1.87. The van der Waals surface area contributed by atoms with Gasteiger partial charge in [-0.1, -0.05) is 32.4 Å². The van der Waals surface area contributed by atoms with Gasteiger partial charge < -0.3 is 10.6 Å². The number of nitro benzene ring substituents is 1. The van der Waals surface area contributed by atoms with Gasteiger partial charge in [0.05, 0.1) is 21.2 Å². The Labute approximate surface area is 122 Å². The van der Waals surface area contributed by atoms with Gasteiger partial charge in [0, 0.05) is 25.7 Å². The van der Waals surface area contributed by atoms with E-state index in [4.69, 9.17) is 17.3 Å². The minimum atomic E-state index is -0.605. The maximum absolute atomic E-state index is 12.3. The predicted octanol–water partition coefficient (Wildman–Crippen LogP) is 2.95. The summed E-state index contributed by atoms with van der Waals surface area (Å²) in [5.41, 5.74) is 5.52. The highest BCUT2D eigenvalue weighted by Crippen LogP contribution is 2.30. The van der Waals surface area contributed by atoms with Crippen molar-refractivity contribution in [1.82, 2.24) is 4.90 Å². The highest BCUT2D eigenvalue weighted by atomic mass is 35.5. The lowest BCUT2D eigenvalue weighted by Gasteiger charge is -2.27. The molecule has 110 valence electrons. The van der Waals surface area contributed by atoms with Crippen molar-refractivity contribution in [3.05, 3.63) is 32.8 Å². The number of rotatable bonds is 3. The van der Waals surface area contributed by atoms with Crippen LogP contribution in [0.4, 0.5) is 11.4 Å². The van der Waals surface area contributed by atoms with Crippen molar-refractivity contribution in [3.63, 3.8) is 0 Å². The first-order valence-electron chi connectivity index (χ1n) is 6.02. The Morgan fingerprint density at radius 1 is 1.45 bits per heavy atom. The lowest BCUT2D eigenvalue weighted by Crippen LogP contribution is -2.34. The van der Waals surface area contributed by atoms with Gasteiger partial charge in [-0.15, -0.1) is 0 Å². The second-order valence-electron chi connectivity index (χ2n) is 5.87. The van der Waals surface area contributed by atoms with Crippen LogP contribution in [0, 0.1) is 15.5 Å². The van der Waals surface area contributed by atoms with Gasteiger partial charge in [-0.2, -0.15) is 0 Å². The van der Waals surface area contributed by atoms with Crippen molar-refractivity contribution in [2.75, 3.05) is 19.3 Å². The molecule has 0 aliphatic carbocycles. The average Bonchev–Trinajstić information content (AvgIpc) is 2.29. The van der Waals surface area contributed by atoms with Crippen LogP contribution in [0.15, 0.2) is 12.1 Å². The molecule has 0 unspecified atom stereocenters. The zero-order valence-electron chi connectivity index (χ0n) is 11.9. The number of hydrogen-bond acceptors (Lipinski definition) is 4. The first kappa shape index (κ1) is 16.2. The van der Waals surface area contributed by atoms with Crippen molar-refractivity contribution < 1.29 is 9.72 Å². The topological polar surface area (TPSA) is 89.5 Å². The summed E-state index contributed by atoms with van der Waals surface area (Å²) in [6, 6.07) is 2.29. The molecule has 1 aromatic carbocycles. The molecule has 0 spiro atoms. The quantitative estimate of drug-likeness (QED) is 0.528. The third kappa shape index (κ3) is 3.84. The van der Waals surface area contributed by atoms with Crippen LogP contribution in [0.2, 0.25) is 5.02 Å². The molecule has 20 heavy (non-hydrogen) atoms. The van der Waals surface area contributed by atoms with E-state index in [1.165, 1.54) is 4.90 Å². The molecule has 0 saturated carbocycles. The van der Waals surface area contributed by atoms with E-state index in [0.717, 1.165) is 12.1 Å². The van der Waals surface area contributed by atoms with E-state index in [9.17, 15) is 14.9 Å². The summed E-state index contributed by atoms with van der Waals surface area (Å²) in [5, 5.41) is 10.8. The number of non-ortho nitro benzene ring substituents is 1. The lowest BCUT2D eigenvalue weighted by molar-refractivity contribution is -0.384. The number of nitrogen functional groups attached to an aromatic ring is 1. The summed E-state index contributed by atoms with van der Waals surface area (Å²) < 4.78 is 0. The van der Waals surface area contributed by atoms with Crippen molar-refractivity contribution in [2.45, 2.75) is 20.8 Å². The average molecular weight is 300 g/mol. The maximum Gasteiger partial charge on any atom is 0.271 e. The molecular formula is C13H18ClN3O3. The molecule has 0 heterocycles. The standard InChI is InChI=1S/C13H18ClN3O3/c1-13(2,3)7-16(4)12(18)9-5-8(17(19)20)6-10(14)11(9)15/h5-6H,7,15H2,1-4H3. The minimum absolute atomic E-state index is 0.00621. The summed E-state index contributed by atoms with van der Waals surface area (Å²) >= 11 is 5.84. The van der Waals surface area contributed by atoms with Crippen LogP contribution in [0.25, 0.3) is 0 Å². The molecule has 0 fully saturated rings. The first-order valence-corrected chi connectivity index (χ1v) is 6.39. The Hall–Kier alpha value is -1.82. The molecule has 1 rings (SSSR count). The van der Waals surface area contributed by atoms with Gasteiger partial charge >= 0.3 is 0 Å². The molecule has 0 bridgehead atoms. The van der Waals surface area contributed by atoms with E-state index < -0.39 is 4.92 Å². The number of carbonyl (C=O) groups is 1. The van der Waals surface area contributed by atoms with Crippen molar-refractivity contribution >= 4 is 28.9 Å². The van der Waals surface area contributed by atoms with Crippen molar-refractivity contribution in [2.24, 2.45) is 5.41 Å². The fourth-order valence-corrected chi connectivity index (χ4v) is 2.09. The molecule has 1 amide bonds. The number of anilines is 1. The van der Waals surface area contributed by atoms with Crippen LogP contribution in [0.1, 0.15) is 31.1 Å². The second-order valence-corrected chi connectivity index (χ2v) is 6.28. The lowest BCUT2D eigenvalue weighted by atomic mass is 9.96. The number of nitrogens with zero attached hydrogens (tertiary/aromatic N) is 2. The molecular weight excluding hydrogens is 282 g/mol. The molecule has 0 aliphatic heterocycles. The van der Waals surface area contributed by atoms with Gasteiger partial charge in [0.15, 0.2) is 0 Å². The van der Waals surface area contributed by atoms with Crippen LogP contribution < -0.4 is 5.73 Å². The van der Waals surface area contributed by atoms with Gasteiger partial charge in [-0.25, -0.2) is 0 Å². The van der Waals surface area contributed by atoms with Crippen LogP contribution in [-0.2, 0) is 0 Å². The van der Waals surface area contributed by atoms with Gasteiger partial charge in [0.25, 0.3) is 11.6 Å². The summed E-state index contributed by atoms with van der Waals surface area (Å²) in [6.45, 7) is 6.45. The van der Waals surface area contributed by atoms with E-state index in [1.54, 1.807) is 7.05 Å². The number of carbonyl (C=O) groups excluding carboxylic acids is 1. The molecule has 0 aliphatic rings. The number of amides is 1. The van der Waals surface area contributed by atoms with Crippen LogP contribution >= 0.6 is 11.6 Å². The highest BCUT2D eigenvalue weighted by molar-refractivity contribution is 6.34. The number of hydrogen-bond donors (Lipinski definition) is 1. The summed E-state index contributed by atoms with van der Waals surface area (Å²) in [5.74, 6) is -0.386. The van der Waals surface area contributed by atoms with Gasteiger partial charge in [-0.3, -0.25) is 14.9 Å². The number of nitro groups is 1. The van der Waals surface area contributed by atoms with E-state index in [0.29, 0.717) is 6.54 Å². The molecule has 0 radical (unpaired) electrons. The minimum Gasteiger partial charge on any atom is -0.397 e. The molecule has 6 nitrogen and oxygen atoms in total. The van der Waals surface area contributed by atoms with Gasteiger partial charge in [-0.05, 0) is 5.41 Å². The highest BCUT2D eigenvalue weighted by Gasteiger charge is 2.24. The SMILES string of the molecule is CN(CC(C)(C)C)C(=O)c1cc([N+](=O)[O-])cc(Cl)c1N. The van der Waals surface area contributed by atoms with Crippen LogP contribution in [0.3, 0.4) is 0 Å². The van der Waals surface area contributed by atoms with Crippen LogP contribution in [-0.4, -0.2) is 29.3 Å². The summed E-state index contributed by atoms with van der Waals surface area (Å²) in [4.78, 5) is 24.0. The molecule has 7 heteroatoms. The van der Waals surface area contributed by atoms with Gasteiger partial charge in [0.1, 0.15) is 0 Å². The Bertz CT molecular complexity index is 553. The maximum atomic E-state index is 12.3. The van der Waals surface area contributed by atoms with E-state index in [-0.39, 0.29) is 33.3 Å². The molecule has 1 aromatic rings. The Balaban J connectivity index is 3.18. The third-order valence-electron chi connectivity index (χ3n) is 2.61. The number of nitrogens with two attached hydrogens (primary N) is 1.